The highest BCUT2D eigenvalue weighted by Gasteiger charge is 2.05. The maximum absolute atomic E-state index is 9.41. The molecular formula is C7H10N2OS. The molecule has 4 heteroatoms. The van der Waals surface area contributed by atoms with Crippen molar-refractivity contribution in [3.05, 3.63) is 23.5 Å². The summed E-state index contributed by atoms with van der Waals surface area (Å²) in [6.45, 7) is 3.87. The smallest absolute Gasteiger partial charge is 0.117 e. The van der Waals surface area contributed by atoms with Crippen LogP contribution in [0, 0.1) is 0 Å². The summed E-state index contributed by atoms with van der Waals surface area (Å²) in [5, 5.41) is 9.41. The molecule has 3 nitrogen and oxygen atoms in total. The molecule has 1 aromatic heterocycles. The fourth-order valence-electron chi connectivity index (χ4n) is 0.703. The van der Waals surface area contributed by atoms with Crippen LogP contribution in [-0.4, -0.2) is 13.9 Å². The summed E-state index contributed by atoms with van der Waals surface area (Å²) < 4.78 is 7.70. The number of rotatable bonds is 2. The van der Waals surface area contributed by atoms with Gasteiger partial charge in [-0.2, -0.15) is 8.75 Å². The largest absolute Gasteiger partial charge is 0.383 e. The van der Waals surface area contributed by atoms with E-state index in [1.807, 2.05) is 13.8 Å². The van der Waals surface area contributed by atoms with Crippen LogP contribution >= 0.6 is 11.7 Å². The van der Waals surface area contributed by atoms with E-state index in [1.54, 1.807) is 12.3 Å². The number of aliphatic hydroxyl groups is 1. The van der Waals surface area contributed by atoms with Crippen molar-refractivity contribution in [3.63, 3.8) is 0 Å². The van der Waals surface area contributed by atoms with Crippen LogP contribution in [0.4, 0.5) is 0 Å². The Kier molecular flexibility index (Phi) is 2.73. The molecule has 0 spiro atoms. The summed E-state index contributed by atoms with van der Waals surface area (Å²) in [5.74, 6) is 0. The van der Waals surface area contributed by atoms with Gasteiger partial charge in [-0.15, -0.1) is 0 Å². The van der Waals surface area contributed by atoms with Gasteiger partial charge < -0.3 is 5.11 Å². The normalized spacial score (nSPS) is 12.6. The summed E-state index contributed by atoms with van der Waals surface area (Å²) >= 11 is 1.11. The van der Waals surface area contributed by atoms with Gasteiger partial charge in [0.15, 0.2) is 0 Å². The van der Waals surface area contributed by atoms with Gasteiger partial charge in [0.05, 0.1) is 17.9 Å². The SMILES string of the molecule is CC(C)=CC(O)c1cnsn1. The topological polar surface area (TPSA) is 46.0 Å². The molecule has 1 N–H and O–H groups in total. The van der Waals surface area contributed by atoms with E-state index in [1.165, 1.54) is 0 Å². The predicted molar refractivity (Wildman–Crippen MR) is 44.3 cm³/mol. The van der Waals surface area contributed by atoms with Gasteiger partial charge in [0, 0.05) is 0 Å². The first kappa shape index (κ1) is 8.36. The zero-order valence-electron chi connectivity index (χ0n) is 6.48. The highest BCUT2D eigenvalue weighted by Crippen LogP contribution is 2.12. The highest BCUT2D eigenvalue weighted by molar-refractivity contribution is 6.99. The summed E-state index contributed by atoms with van der Waals surface area (Å²) in [7, 11) is 0. The molecule has 11 heavy (non-hydrogen) atoms. The summed E-state index contributed by atoms with van der Waals surface area (Å²) in [4.78, 5) is 0. The lowest BCUT2D eigenvalue weighted by atomic mass is 10.2. The average Bonchev–Trinajstić information content (AvgIpc) is 2.35. The van der Waals surface area contributed by atoms with E-state index in [2.05, 4.69) is 8.75 Å². The van der Waals surface area contributed by atoms with Crippen molar-refractivity contribution >= 4 is 11.7 Å². The average molecular weight is 170 g/mol. The lowest BCUT2D eigenvalue weighted by Crippen LogP contribution is -1.92. The summed E-state index contributed by atoms with van der Waals surface area (Å²) in [6.07, 6.45) is 2.73. The third-order valence-corrected chi connectivity index (χ3v) is 1.66. The van der Waals surface area contributed by atoms with Gasteiger partial charge in [-0.25, -0.2) is 0 Å². The van der Waals surface area contributed by atoms with Crippen LogP contribution in [0.2, 0.25) is 0 Å². The molecule has 1 rings (SSSR count). The third kappa shape index (κ3) is 2.40. The summed E-state index contributed by atoms with van der Waals surface area (Å²) in [5.41, 5.74) is 1.70. The maximum Gasteiger partial charge on any atom is 0.117 e. The van der Waals surface area contributed by atoms with Crippen molar-refractivity contribution in [3.8, 4) is 0 Å². The Morgan fingerprint density at radius 3 is 2.91 bits per heavy atom. The molecule has 0 aliphatic rings. The molecule has 0 bridgehead atoms. The molecule has 0 fully saturated rings. The van der Waals surface area contributed by atoms with E-state index in [0.29, 0.717) is 5.69 Å². The van der Waals surface area contributed by atoms with Crippen LogP contribution < -0.4 is 0 Å². The second-order valence-corrected chi connectivity index (χ2v) is 3.08. The molecule has 0 radical (unpaired) electrons. The zero-order valence-corrected chi connectivity index (χ0v) is 7.30. The first-order chi connectivity index (χ1) is 5.20. The Labute approximate surface area is 69.7 Å². The maximum atomic E-state index is 9.41. The van der Waals surface area contributed by atoms with Crippen molar-refractivity contribution in [2.24, 2.45) is 0 Å². The Balaban J connectivity index is 2.71. The fraction of sp³-hybridized carbons (Fsp3) is 0.429. The van der Waals surface area contributed by atoms with Crippen molar-refractivity contribution in [2.45, 2.75) is 20.0 Å². The molecule has 0 aliphatic carbocycles. The van der Waals surface area contributed by atoms with E-state index in [-0.39, 0.29) is 0 Å². The second kappa shape index (κ2) is 3.59. The third-order valence-electron chi connectivity index (χ3n) is 1.17. The van der Waals surface area contributed by atoms with Gasteiger partial charge in [-0.1, -0.05) is 11.6 Å². The van der Waals surface area contributed by atoms with Crippen LogP contribution in [0.25, 0.3) is 0 Å². The van der Waals surface area contributed by atoms with E-state index in [9.17, 15) is 5.11 Å². The Bertz CT molecular complexity index is 239. The molecule has 0 aromatic carbocycles. The fourth-order valence-corrected chi connectivity index (χ4v) is 1.16. The van der Waals surface area contributed by atoms with E-state index < -0.39 is 6.10 Å². The van der Waals surface area contributed by atoms with Crippen LogP contribution in [-0.2, 0) is 0 Å². The lowest BCUT2D eigenvalue weighted by molar-refractivity contribution is 0.224. The number of aromatic nitrogens is 2. The number of allylic oxidation sites excluding steroid dienone is 1. The lowest BCUT2D eigenvalue weighted by Gasteiger charge is -1.99. The molecule has 60 valence electrons. The van der Waals surface area contributed by atoms with Crippen LogP contribution in [0.5, 0.6) is 0 Å². The molecule has 1 atom stereocenters. The van der Waals surface area contributed by atoms with Crippen LogP contribution in [0.15, 0.2) is 17.8 Å². The van der Waals surface area contributed by atoms with Crippen molar-refractivity contribution in [2.75, 3.05) is 0 Å². The Hall–Kier alpha value is -0.740. The standard InChI is InChI=1S/C7H10N2OS/c1-5(2)3-7(10)6-4-8-11-9-6/h3-4,7,10H,1-2H3. The Morgan fingerprint density at radius 1 is 1.73 bits per heavy atom. The zero-order chi connectivity index (χ0) is 8.27. The van der Waals surface area contributed by atoms with Crippen LogP contribution in [0.1, 0.15) is 25.6 Å². The van der Waals surface area contributed by atoms with E-state index in [4.69, 9.17) is 0 Å². The minimum absolute atomic E-state index is 0.598. The summed E-state index contributed by atoms with van der Waals surface area (Å²) in [6, 6.07) is 0. The number of nitrogens with zero attached hydrogens (tertiary/aromatic N) is 2. The van der Waals surface area contributed by atoms with E-state index >= 15 is 0 Å². The van der Waals surface area contributed by atoms with Gasteiger partial charge in [0.25, 0.3) is 0 Å². The number of hydrogen-bond donors (Lipinski definition) is 1. The second-order valence-electron chi connectivity index (χ2n) is 2.52. The molecule has 0 aliphatic heterocycles. The molecule has 1 heterocycles. The minimum Gasteiger partial charge on any atom is -0.383 e. The molecule has 0 saturated carbocycles. The van der Waals surface area contributed by atoms with Gasteiger partial charge in [-0.3, -0.25) is 0 Å². The minimum atomic E-state index is -0.598. The molecule has 1 unspecified atom stereocenters. The molecule has 1 aromatic rings. The first-order valence-electron chi connectivity index (χ1n) is 3.30. The molecule has 0 amide bonds. The van der Waals surface area contributed by atoms with E-state index in [0.717, 1.165) is 17.3 Å². The molecule has 0 saturated heterocycles. The highest BCUT2D eigenvalue weighted by atomic mass is 32.1. The first-order valence-corrected chi connectivity index (χ1v) is 4.03. The molecular weight excluding hydrogens is 160 g/mol. The van der Waals surface area contributed by atoms with Gasteiger partial charge in [-0.05, 0) is 13.8 Å². The van der Waals surface area contributed by atoms with Crippen molar-refractivity contribution < 1.29 is 5.11 Å². The Morgan fingerprint density at radius 2 is 2.45 bits per heavy atom. The van der Waals surface area contributed by atoms with Crippen molar-refractivity contribution in [1.82, 2.24) is 8.75 Å². The van der Waals surface area contributed by atoms with Crippen molar-refractivity contribution in [1.29, 1.82) is 0 Å². The monoisotopic (exact) mass is 170 g/mol. The quantitative estimate of drug-likeness (QED) is 0.685. The number of hydrogen-bond acceptors (Lipinski definition) is 4. The van der Waals surface area contributed by atoms with Gasteiger partial charge in [0.1, 0.15) is 11.8 Å². The van der Waals surface area contributed by atoms with Crippen LogP contribution in [0.3, 0.4) is 0 Å². The predicted octanol–water partition coefficient (Wildman–Crippen LogP) is 1.54. The van der Waals surface area contributed by atoms with Gasteiger partial charge in [0.2, 0.25) is 0 Å². The van der Waals surface area contributed by atoms with Gasteiger partial charge >= 0.3 is 0 Å². The number of aliphatic hydroxyl groups excluding tert-OH is 1.